The second-order valence-corrected chi connectivity index (χ2v) is 11.3. The van der Waals surface area contributed by atoms with Gasteiger partial charge in [0.15, 0.2) is 0 Å². The van der Waals surface area contributed by atoms with Crippen LogP contribution in [0.1, 0.15) is 51.4 Å². The Balaban J connectivity index is 2.41. The zero-order valence-electron chi connectivity index (χ0n) is 9.73. The van der Waals surface area contributed by atoms with Gasteiger partial charge < -0.3 is 0 Å². The second kappa shape index (κ2) is 5.19. The predicted octanol–water partition coefficient (Wildman–Crippen LogP) is 4.83. The summed E-state index contributed by atoms with van der Waals surface area (Å²) >= 11 is 0. The van der Waals surface area contributed by atoms with E-state index in [0.29, 0.717) is 0 Å². The molecule has 0 unspecified atom stereocenters. The fourth-order valence-corrected chi connectivity index (χ4v) is 4.64. The molecule has 0 amide bonds. The lowest BCUT2D eigenvalue weighted by Gasteiger charge is -2.28. The van der Waals surface area contributed by atoms with Crippen LogP contribution in [0.3, 0.4) is 0 Å². The first-order valence-electron chi connectivity index (χ1n) is 6.11. The molecule has 0 N–H and O–H groups in total. The molecule has 1 heteroatoms. The maximum atomic E-state index is 2.55. The normalized spacial score (nSPS) is 23.3. The lowest BCUT2D eigenvalue weighted by Crippen LogP contribution is -2.28. The van der Waals surface area contributed by atoms with Crippen molar-refractivity contribution in [1.29, 1.82) is 0 Å². The number of rotatable bonds is 1. The van der Waals surface area contributed by atoms with Gasteiger partial charge in [0.1, 0.15) is 0 Å². The molecule has 0 aromatic rings. The first kappa shape index (κ1) is 11.3. The van der Waals surface area contributed by atoms with Gasteiger partial charge in [0.25, 0.3) is 0 Å². The average Bonchev–Trinajstić information content (AvgIpc) is 2.14. The van der Waals surface area contributed by atoms with E-state index in [4.69, 9.17) is 0 Å². The molecule has 0 aliphatic heterocycles. The van der Waals surface area contributed by atoms with Gasteiger partial charge in [-0.15, -0.1) is 0 Å². The van der Waals surface area contributed by atoms with Gasteiger partial charge in [0.2, 0.25) is 0 Å². The molecular formula is C12H26Si. The third-order valence-electron chi connectivity index (χ3n) is 3.58. The van der Waals surface area contributed by atoms with Gasteiger partial charge in [-0.3, -0.25) is 0 Å². The van der Waals surface area contributed by atoms with Gasteiger partial charge in [0, 0.05) is 8.07 Å². The van der Waals surface area contributed by atoms with Crippen LogP contribution >= 0.6 is 0 Å². The molecule has 1 saturated carbocycles. The van der Waals surface area contributed by atoms with E-state index in [2.05, 4.69) is 19.6 Å². The van der Waals surface area contributed by atoms with Crippen LogP contribution in [0.5, 0.6) is 0 Å². The van der Waals surface area contributed by atoms with E-state index in [9.17, 15) is 0 Å². The summed E-state index contributed by atoms with van der Waals surface area (Å²) in [6.45, 7) is 7.65. The Hall–Kier alpha value is 0.217. The van der Waals surface area contributed by atoms with Crippen LogP contribution in [-0.4, -0.2) is 8.07 Å². The van der Waals surface area contributed by atoms with Crippen LogP contribution in [-0.2, 0) is 0 Å². The summed E-state index contributed by atoms with van der Waals surface area (Å²) in [6, 6.07) is 0. The van der Waals surface area contributed by atoms with Crippen molar-refractivity contribution in [1.82, 2.24) is 0 Å². The Labute approximate surface area is 85.1 Å². The Kier molecular flexibility index (Phi) is 4.50. The van der Waals surface area contributed by atoms with Crippen LogP contribution in [0.15, 0.2) is 0 Å². The zero-order valence-corrected chi connectivity index (χ0v) is 10.7. The monoisotopic (exact) mass is 198 g/mol. The zero-order chi connectivity index (χ0) is 9.73. The summed E-state index contributed by atoms with van der Waals surface area (Å²) in [6.07, 6.45) is 12.1. The quantitative estimate of drug-likeness (QED) is 0.529. The minimum atomic E-state index is -0.833. The standard InChI is InChI=1S/C12H26Si/c1-13(2,3)12-10-8-6-4-5-7-9-11-12/h12H,4-11H2,1-3H3. The largest absolute Gasteiger partial charge is 0.0693 e. The molecule has 0 spiro atoms. The third kappa shape index (κ3) is 4.30. The van der Waals surface area contributed by atoms with E-state index < -0.39 is 8.07 Å². The van der Waals surface area contributed by atoms with Gasteiger partial charge >= 0.3 is 0 Å². The molecule has 0 saturated heterocycles. The first-order chi connectivity index (χ1) is 6.11. The van der Waals surface area contributed by atoms with Crippen molar-refractivity contribution >= 4 is 8.07 Å². The molecule has 13 heavy (non-hydrogen) atoms. The summed E-state index contributed by atoms with van der Waals surface area (Å²) in [7, 11) is -0.833. The smallest absolute Gasteiger partial charge is 0.0473 e. The molecule has 0 heterocycles. The maximum Gasteiger partial charge on any atom is 0.0473 e. The highest BCUT2D eigenvalue weighted by molar-refractivity contribution is 6.77. The van der Waals surface area contributed by atoms with Crippen LogP contribution in [0.25, 0.3) is 0 Å². The fraction of sp³-hybridized carbons (Fsp3) is 1.00. The van der Waals surface area contributed by atoms with Crippen molar-refractivity contribution in [2.75, 3.05) is 0 Å². The van der Waals surface area contributed by atoms with Crippen molar-refractivity contribution in [2.45, 2.75) is 76.5 Å². The highest BCUT2D eigenvalue weighted by atomic mass is 28.3. The number of hydrogen-bond acceptors (Lipinski definition) is 0. The Morgan fingerprint density at radius 1 is 0.692 bits per heavy atom. The lowest BCUT2D eigenvalue weighted by molar-refractivity contribution is 0.606. The molecule has 0 aromatic carbocycles. The SMILES string of the molecule is C[Si](C)(C)C1CCCCCCCC1. The van der Waals surface area contributed by atoms with E-state index in [1.165, 1.54) is 51.4 Å². The first-order valence-corrected chi connectivity index (χ1v) is 9.68. The topological polar surface area (TPSA) is 0 Å². The van der Waals surface area contributed by atoms with Gasteiger partial charge in [-0.2, -0.15) is 0 Å². The average molecular weight is 198 g/mol. The molecule has 1 rings (SSSR count). The van der Waals surface area contributed by atoms with Crippen LogP contribution in [0.2, 0.25) is 25.2 Å². The number of hydrogen-bond donors (Lipinski definition) is 0. The molecule has 0 atom stereocenters. The Morgan fingerprint density at radius 2 is 1.08 bits per heavy atom. The fourth-order valence-electron chi connectivity index (χ4n) is 2.50. The molecule has 78 valence electrons. The van der Waals surface area contributed by atoms with E-state index in [0.717, 1.165) is 5.54 Å². The van der Waals surface area contributed by atoms with Crippen molar-refractivity contribution < 1.29 is 0 Å². The lowest BCUT2D eigenvalue weighted by atomic mass is 10.1. The molecule has 0 radical (unpaired) electrons. The van der Waals surface area contributed by atoms with E-state index in [1.807, 2.05) is 0 Å². The van der Waals surface area contributed by atoms with E-state index in [-0.39, 0.29) is 0 Å². The van der Waals surface area contributed by atoms with E-state index in [1.54, 1.807) is 0 Å². The molecular weight excluding hydrogens is 172 g/mol. The van der Waals surface area contributed by atoms with Crippen LogP contribution in [0, 0.1) is 0 Å². The van der Waals surface area contributed by atoms with E-state index >= 15 is 0 Å². The molecule has 1 aliphatic carbocycles. The molecule has 0 aromatic heterocycles. The van der Waals surface area contributed by atoms with Gasteiger partial charge in [0.05, 0.1) is 0 Å². The van der Waals surface area contributed by atoms with Crippen molar-refractivity contribution in [3.05, 3.63) is 0 Å². The van der Waals surface area contributed by atoms with Crippen LogP contribution in [0.4, 0.5) is 0 Å². The van der Waals surface area contributed by atoms with Gasteiger partial charge in [-0.25, -0.2) is 0 Å². The van der Waals surface area contributed by atoms with Gasteiger partial charge in [-0.05, 0) is 5.54 Å². The van der Waals surface area contributed by atoms with Crippen molar-refractivity contribution in [2.24, 2.45) is 0 Å². The second-order valence-electron chi connectivity index (χ2n) is 5.76. The summed E-state index contributed by atoms with van der Waals surface area (Å²) in [5.74, 6) is 0. The molecule has 1 aliphatic rings. The Morgan fingerprint density at radius 3 is 1.46 bits per heavy atom. The van der Waals surface area contributed by atoms with Crippen molar-refractivity contribution in [3.8, 4) is 0 Å². The highest BCUT2D eigenvalue weighted by Gasteiger charge is 2.25. The minimum Gasteiger partial charge on any atom is -0.0693 e. The summed E-state index contributed by atoms with van der Waals surface area (Å²) in [5, 5.41) is 0. The Bertz CT molecular complexity index is 125. The molecule has 0 bridgehead atoms. The predicted molar refractivity (Wildman–Crippen MR) is 64.0 cm³/mol. The minimum absolute atomic E-state index is 0.833. The van der Waals surface area contributed by atoms with Crippen molar-refractivity contribution in [3.63, 3.8) is 0 Å². The third-order valence-corrected chi connectivity index (χ3v) is 6.61. The molecule has 1 fully saturated rings. The van der Waals surface area contributed by atoms with Crippen LogP contribution < -0.4 is 0 Å². The summed E-state index contributed by atoms with van der Waals surface area (Å²) < 4.78 is 0. The molecule has 0 nitrogen and oxygen atoms in total. The maximum absolute atomic E-state index is 2.55. The summed E-state index contributed by atoms with van der Waals surface area (Å²) in [5.41, 5.74) is 1.12. The van der Waals surface area contributed by atoms with Gasteiger partial charge in [-0.1, -0.05) is 71.0 Å². The highest BCUT2D eigenvalue weighted by Crippen LogP contribution is 2.34. The summed E-state index contributed by atoms with van der Waals surface area (Å²) in [4.78, 5) is 0.